The summed E-state index contributed by atoms with van der Waals surface area (Å²) >= 11 is 0. The van der Waals surface area contributed by atoms with Gasteiger partial charge in [0.25, 0.3) is 0 Å². The molecule has 1 aliphatic heterocycles. The van der Waals surface area contributed by atoms with Crippen LogP contribution in [0.5, 0.6) is 0 Å². The van der Waals surface area contributed by atoms with Gasteiger partial charge in [0.05, 0.1) is 19.3 Å². The first-order valence-corrected chi connectivity index (χ1v) is 8.28. The Balaban J connectivity index is 1.52. The minimum absolute atomic E-state index is 0.246. The first kappa shape index (κ1) is 15.8. The Morgan fingerprint density at radius 1 is 1.12 bits per heavy atom. The first-order chi connectivity index (χ1) is 12.2. The Labute approximate surface area is 145 Å². The molecule has 0 radical (unpaired) electrons. The topological polar surface area (TPSA) is 43.2 Å². The zero-order valence-electron chi connectivity index (χ0n) is 14.0. The normalized spacial score (nSPS) is 17.2. The average molecular weight is 338 g/mol. The molecule has 0 unspecified atom stereocenters. The Kier molecular flexibility index (Phi) is 4.19. The van der Waals surface area contributed by atoms with Gasteiger partial charge in [-0.1, -0.05) is 35.0 Å². The van der Waals surface area contributed by atoms with E-state index in [0.717, 1.165) is 17.9 Å². The molecule has 1 aromatic heterocycles. The Bertz CT molecular complexity index is 845. The van der Waals surface area contributed by atoms with E-state index in [0.29, 0.717) is 13.2 Å². The van der Waals surface area contributed by atoms with Crippen LogP contribution in [-0.2, 0) is 11.3 Å². The number of benzene rings is 2. The van der Waals surface area contributed by atoms with Crippen molar-refractivity contribution in [1.82, 2.24) is 15.0 Å². The lowest BCUT2D eigenvalue weighted by Crippen LogP contribution is -2.23. The van der Waals surface area contributed by atoms with Crippen LogP contribution in [0.2, 0.25) is 0 Å². The van der Waals surface area contributed by atoms with Gasteiger partial charge in [0.1, 0.15) is 11.5 Å². The largest absolute Gasteiger partial charge is 0.350 e. The Hall–Kier alpha value is -2.73. The summed E-state index contributed by atoms with van der Waals surface area (Å²) in [4.78, 5) is 2.07. The van der Waals surface area contributed by atoms with Crippen LogP contribution < -0.4 is 4.90 Å². The number of hydrogen-bond donors (Lipinski definition) is 0. The van der Waals surface area contributed by atoms with Crippen LogP contribution in [-0.4, -0.2) is 28.1 Å². The summed E-state index contributed by atoms with van der Waals surface area (Å²) in [5.41, 5.74) is 4.08. The highest BCUT2D eigenvalue weighted by Crippen LogP contribution is 2.31. The predicted molar refractivity (Wildman–Crippen MR) is 92.7 cm³/mol. The summed E-state index contributed by atoms with van der Waals surface area (Å²) in [6.45, 7) is 4.07. The van der Waals surface area contributed by atoms with Gasteiger partial charge in [-0.25, -0.2) is 9.07 Å². The fourth-order valence-electron chi connectivity index (χ4n) is 3.00. The van der Waals surface area contributed by atoms with Gasteiger partial charge in [0.2, 0.25) is 0 Å². The fraction of sp³-hybridized carbons (Fsp3) is 0.263. The number of nitrogens with zero attached hydrogens (tertiary/aromatic N) is 4. The molecule has 0 spiro atoms. The number of aromatic nitrogens is 3. The number of rotatable bonds is 4. The van der Waals surface area contributed by atoms with Crippen molar-refractivity contribution >= 4 is 5.69 Å². The number of aryl methyl sites for hydroxylation is 1. The third kappa shape index (κ3) is 3.39. The van der Waals surface area contributed by atoms with E-state index in [1.807, 2.05) is 10.9 Å². The number of ether oxygens (including phenoxy) is 1. The van der Waals surface area contributed by atoms with Crippen molar-refractivity contribution in [3.63, 3.8) is 0 Å². The smallest absolute Gasteiger partial charge is 0.177 e. The van der Waals surface area contributed by atoms with Gasteiger partial charge < -0.3 is 9.64 Å². The number of halogens is 1. The van der Waals surface area contributed by atoms with Gasteiger partial charge in [-0.3, -0.25) is 0 Å². The highest BCUT2D eigenvalue weighted by atomic mass is 19.1. The second-order valence-electron chi connectivity index (χ2n) is 6.22. The number of hydrogen-bond acceptors (Lipinski definition) is 4. The minimum atomic E-state index is -0.294. The molecule has 4 rings (SSSR count). The molecule has 128 valence electrons. The lowest BCUT2D eigenvalue weighted by molar-refractivity contribution is 0.110. The molecule has 0 amide bonds. The van der Waals surface area contributed by atoms with Crippen LogP contribution in [0.25, 0.3) is 0 Å². The van der Waals surface area contributed by atoms with Crippen LogP contribution in [0.15, 0.2) is 54.7 Å². The molecule has 1 saturated heterocycles. The van der Waals surface area contributed by atoms with Gasteiger partial charge >= 0.3 is 0 Å². The maximum Gasteiger partial charge on any atom is 0.177 e. The molecule has 0 aliphatic carbocycles. The number of anilines is 1. The summed E-state index contributed by atoms with van der Waals surface area (Å²) in [7, 11) is 0. The quantitative estimate of drug-likeness (QED) is 0.732. The Morgan fingerprint density at radius 2 is 1.88 bits per heavy atom. The Morgan fingerprint density at radius 3 is 2.64 bits per heavy atom. The molecule has 3 aromatic rings. The molecule has 1 fully saturated rings. The molecule has 2 heterocycles. The van der Waals surface area contributed by atoms with E-state index >= 15 is 0 Å². The van der Waals surface area contributed by atoms with Crippen molar-refractivity contribution in [2.24, 2.45) is 0 Å². The van der Waals surface area contributed by atoms with Crippen LogP contribution in [0.3, 0.4) is 0 Å². The van der Waals surface area contributed by atoms with Crippen molar-refractivity contribution in [2.45, 2.75) is 19.7 Å². The summed E-state index contributed by atoms with van der Waals surface area (Å²) in [5.74, 6) is -0.246. The maximum atomic E-state index is 13.2. The predicted octanol–water partition coefficient (Wildman–Crippen LogP) is 3.31. The molecule has 25 heavy (non-hydrogen) atoms. The van der Waals surface area contributed by atoms with Gasteiger partial charge in [0, 0.05) is 12.2 Å². The molecular weight excluding hydrogens is 319 g/mol. The molecular formula is C19H19FN4O. The van der Waals surface area contributed by atoms with Crippen LogP contribution in [0, 0.1) is 12.7 Å². The van der Waals surface area contributed by atoms with E-state index in [1.54, 1.807) is 12.1 Å². The van der Waals surface area contributed by atoms with E-state index in [4.69, 9.17) is 4.74 Å². The van der Waals surface area contributed by atoms with E-state index < -0.39 is 0 Å². The summed E-state index contributed by atoms with van der Waals surface area (Å²) in [6.07, 6.45) is 1.61. The summed E-state index contributed by atoms with van der Waals surface area (Å²) in [6, 6.07) is 14.8. The lowest BCUT2D eigenvalue weighted by Gasteiger charge is -2.23. The van der Waals surface area contributed by atoms with E-state index in [9.17, 15) is 4.39 Å². The SMILES string of the molecule is Cc1ccc(Cn2cc([C@H]3OCCN3c3ccc(F)cc3)nn2)cc1. The second kappa shape index (κ2) is 6.64. The van der Waals surface area contributed by atoms with Crippen LogP contribution in [0.1, 0.15) is 23.0 Å². The van der Waals surface area contributed by atoms with Crippen molar-refractivity contribution in [2.75, 3.05) is 18.1 Å². The van der Waals surface area contributed by atoms with E-state index in [2.05, 4.69) is 46.4 Å². The van der Waals surface area contributed by atoms with Gasteiger partial charge in [0.15, 0.2) is 6.23 Å². The zero-order valence-corrected chi connectivity index (χ0v) is 14.0. The van der Waals surface area contributed by atoms with Crippen molar-refractivity contribution in [3.05, 3.63) is 77.4 Å². The van der Waals surface area contributed by atoms with Crippen LogP contribution in [0.4, 0.5) is 10.1 Å². The third-order valence-electron chi connectivity index (χ3n) is 4.32. The molecule has 1 atom stereocenters. The molecule has 5 nitrogen and oxygen atoms in total. The standard InChI is InChI=1S/C19H19FN4O/c1-14-2-4-15(5-3-14)12-23-13-18(21-22-23)19-24(10-11-25-19)17-8-6-16(20)7-9-17/h2-9,13,19H,10-12H2,1H3/t19-/m1/s1. The lowest BCUT2D eigenvalue weighted by atomic mass is 10.1. The molecule has 0 saturated carbocycles. The third-order valence-corrected chi connectivity index (χ3v) is 4.32. The van der Waals surface area contributed by atoms with Gasteiger partial charge in [-0.2, -0.15) is 0 Å². The van der Waals surface area contributed by atoms with Crippen molar-refractivity contribution in [1.29, 1.82) is 0 Å². The minimum Gasteiger partial charge on any atom is -0.350 e. The summed E-state index contributed by atoms with van der Waals surface area (Å²) in [5, 5.41) is 8.50. The molecule has 1 aliphatic rings. The highest BCUT2D eigenvalue weighted by molar-refractivity contribution is 5.48. The second-order valence-corrected chi connectivity index (χ2v) is 6.22. The van der Waals surface area contributed by atoms with Crippen molar-refractivity contribution < 1.29 is 9.13 Å². The molecule has 0 bridgehead atoms. The fourth-order valence-corrected chi connectivity index (χ4v) is 3.00. The first-order valence-electron chi connectivity index (χ1n) is 8.28. The average Bonchev–Trinajstić information content (AvgIpc) is 3.27. The van der Waals surface area contributed by atoms with Crippen LogP contribution >= 0.6 is 0 Å². The summed E-state index contributed by atoms with van der Waals surface area (Å²) < 4.78 is 20.8. The zero-order chi connectivity index (χ0) is 17.2. The van der Waals surface area contributed by atoms with Gasteiger partial charge in [-0.15, -0.1) is 5.10 Å². The van der Waals surface area contributed by atoms with E-state index in [-0.39, 0.29) is 12.0 Å². The van der Waals surface area contributed by atoms with E-state index in [1.165, 1.54) is 23.3 Å². The van der Waals surface area contributed by atoms with Crippen molar-refractivity contribution in [3.8, 4) is 0 Å². The monoisotopic (exact) mass is 338 g/mol. The maximum absolute atomic E-state index is 13.2. The van der Waals surface area contributed by atoms with Gasteiger partial charge in [-0.05, 0) is 36.8 Å². The molecule has 2 aromatic carbocycles. The highest BCUT2D eigenvalue weighted by Gasteiger charge is 2.29. The molecule has 6 heteroatoms. The molecule has 0 N–H and O–H groups in total.